The van der Waals surface area contributed by atoms with E-state index in [4.69, 9.17) is 0 Å². The van der Waals surface area contributed by atoms with Gasteiger partial charge in [-0.1, -0.05) is 0 Å². The summed E-state index contributed by atoms with van der Waals surface area (Å²) in [5.74, 6) is -31.1. The Kier molecular flexibility index (Phi) is 7.11. The molecule has 0 N–H and O–H groups in total. The van der Waals surface area contributed by atoms with Gasteiger partial charge in [-0.3, -0.25) is 0 Å². The van der Waals surface area contributed by atoms with E-state index < -0.39 is 56.5 Å². The lowest BCUT2D eigenvalue weighted by Gasteiger charge is -2.31. The summed E-state index contributed by atoms with van der Waals surface area (Å²) in [6, 6.07) is 0. The lowest BCUT2D eigenvalue weighted by atomic mass is 10.1. The fourth-order valence-electron chi connectivity index (χ4n) is 1.04. The zero-order chi connectivity index (χ0) is 25.0. The zero-order valence-electron chi connectivity index (χ0n) is 12.5. The molecule has 0 aliphatic carbocycles. The van der Waals surface area contributed by atoms with Crippen molar-refractivity contribution in [1.82, 2.24) is 0 Å². The maximum absolute atomic E-state index is 12.8. The summed E-state index contributed by atoms with van der Waals surface area (Å²) in [5, 5.41) is 0. The quantitative estimate of drug-likeness (QED) is 0.272. The Bertz CT molecular complexity index is 593. The molecule has 0 heterocycles. The molecule has 0 spiro atoms. The Hall–Kier alpha value is -1.24. The average Bonchev–Trinajstić information content (AvgIpc) is 2.42. The van der Waals surface area contributed by atoms with Gasteiger partial charge in [0.05, 0.1) is 0 Å². The largest absolute Gasteiger partial charge is 0.710 e. The van der Waals surface area contributed by atoms with E-state index in [1.165, 1.54) is 0 Å². The highest BCUT2D eigenvalue weighted by Gasteiger charge is 2.87. The van der Waals surface area contributed by atoms with Crippen molar-refractivity contribution in [3.8, 4) is 0 Å². The van der Waals surface area contributed by atoms with Crippen LogP contribution in [0.3, 0.4) is 0 Å². The second kappa shape index (κ2) is 7.42. The number of hydrogen-bond acceptors (Lipinski definition) is 3. The second-order valence-electron chi connectivity index (χ2n) is 4.73. The number of halogens is 18. The Labute approximate surface area is 150 Å². The maximum Gasteiger partial charge on any atom is 0.710 e. The maximum atomic E-state index is 12.8. The molecule has 0 atom stereocenters. The van der Waals surface area contributed by atoms with E-state index in [1.54, 1.807) is 9.05 Å². The van der Waals surface area contributed by atoms with Crippen molar-refractivity contribution < 1.29 is 92.6 Å². The van der Waals surface area contributed by atoms with Gasteiger partial charge in [-0.2, -0.15) is 79.0 Å². The Morgan fingerprint density at radius 2 is 0.600 bits per heavy atom. The second-order valence-corrected chi connectivity index (χ2v) is 5.55. The van der Waals surface area contributed by atoms with Crippen LogP contribution >= 0.6 is 8.25 Å². The van der Waals surface area contributed by atoms with E-state index in [1.807, 2.05) is 0 Å². The summed E-state index contributed by atoms with van der Waals surface area (Å²) in [5.41, 5.74) is 0. The molecule has 30 heavy (non-hydrogen) atoms. The van der Waals surface area contributed by atoms with Crippen LogP contribution in [0.15, 0.2) is 0 Å². The molecule has 0 aromatic heterocycles. The predicted molar refractivity (Wildman–Crippen MR) is 51.6 cm³/mol. The van der Waals surface area contributed by atoms with Crippen LogP contribution in [-0.2, 0) is 13.6 Å². The summed E-state index contributed by atoms with van der Waals surface area (Å²) in [4.78, 5) is 0. The van der Waals surface area contributed by atoms with E-state index in [-0.39, 0.29) is 0 Å². The number of hydrogen-bond donors (Lipinski definition) is 0. The Morgan fingerprint density at radius 1 is 0.400 bits per heavy atom. The van der Waals surface area contributed by atoms with E-state index in [0.717, 1.165) is 0 Å². The molecule has 0 bridgehead atoms. The van der Waals surface area contributed by atoms with E-state index in [9.17, 15) is 83.6 Å². The van der Waals surface area contributed by atoms with Gasteiger partial charge in [-0.15, -0.1) is 0 Å². The SMILES string of the molecule is O=[P+](OC(F)(F)C(F)(F)C(F)(F)C(F)(F)F)OC(F)(F)C(F)(F)C(F)(F)C(F)(F)F. The monoisotopic (exact) mass is 517 g/mol. The Balaban J connectivity index is 5.84. The predicted octanol–water partition coefficient (Wildman–Crippen LogP) is 6.53. The molecule has 0 amide bonds. The lowest BCUT2D eigenvalue weighted by Crippen LogP contribution is -2.62. The minimum atomic E-state index is -7.81. The molecule has 0 aliphatic heterocycles. The van der Waals surface area contributed by atoms with Crippen LogP contribution in [-0.4, -0.2) is 48.3 Å². The van der Waals surface area contributed by atoms with Crippen molar-refractivity contribution >= 4 is 8.25 Å². The van der Waals surface area contributed by atoms with Crippen molar-refractivity contribution in [2.45, 2.75) is 48.3 Å². The first-order chi connectivity index (χ1) is 12.6. The third kappa shape index (κ3) is 4.51. The molecule has 3 nitrogen and oxygen atoms in total. The van der Waals surface area contributed by atoms with Crippen molar-refractivity contribution in [3.63, 3.8) is 0 Å². The minimum absolute atomic E-state index is 1.80. The molecule has 0 rings (SSSR count). The van der Waals surface area contributed by atoms with Gasteiger partial charge in [0.25, 0.3) is 0 Å². The van der Waals surface area contributed by atoms with Gasteiger partial charge in [-0.05, 0) is 9.05 Å². The van der Waals surface area contributed by atoms with Crippen LogP contribution in [0.25, 0.3) is 0 Å². The topological polar surface area (TPSA) is 35.5 Å². The normalized spacial score (nSPS) is 16.1. The molecule has 180 valence electrons. The molecule has 22 heteroatoms. The van der Waals surface area contributed by atoms with Crippen LogP contribution in [0.1, 0.15) is 0 Å². The van der Waals surface area contributed by atoms with Crippen molar-refractivity contribution in [2.24, 2.45) is 0 Å². The van der Waals surface area contributed by atoms with Gasteiger partial charge < -0.3 is 0 Å². The van der Waals surface area contributed by atoms with Crippen LogP contribution in [0, 0.1) is 0 Å². The fourth-order valence-corrected chi connectivity index (χ4v) is 1.68. The van der Waals surface area contributed by atoms with E-state index >= 15 is 0 Å². The van der Waals surface area contributed by atoms with E-state index in [2.05, 4.69) is 0 Å². The van der Waals surface area contributed by atoms with Crippen LogP contribution < -0.4 is 0 Å². The van der Waals surface area contributed by atoms with Gasteiger partial charge in [0, 0.05) is 4.57 Å². The third-order valence-electron chi connectivity index (χ3n) is 2.61. The highest BCUT2D eigenvalue weighted by molar-refractivity contribution is 7.33. The third-order valence-corrected chi connectivity index (χ3v) is 3.37. The molecule has 0 radical (unpaired) electrons. The van der Waals surface area contributed by atoms with Crippen LogP contribution in [0.4, 0.5) is 79.0 Å². The summed E-state index contributed by atoms with van der Waals surface area (Å²) in [6.07, 6.45) is -29.9. The first kappa shape index (κ1) is 28.8. The standard InChI is InChI=1S/C8F18O3P/c9-1(10,5(17,18)19)3(13,14)7(23,24)28-30(27)29-8(25,26)4(15,16)2(11,12)6(20,21)22/q+1. The first-order valence-corrected chi connectivity index (χ1v) is 6.95. The molecule has 0 fully saturated rings. The van der Waals surface area contributed by atoms with Crippen molar-refractivity contribution in [2.75, 3.05) is 0 Å². The molecular formula is C8F18O3P+. The zero-order valence-corrected chi connectivity index (χ0v) is 13.4. The molecular weight excluding hydrogens is 517 g/mol. The smallest absolute Gasteiger partial charge is 0.189 e. The highest BCUT2D eigenvalue weighted by Crippen LogP contribution is 2.59. The molecule has 0 saturated heterocycles. The van der Waals surface area contributed by atoms with Crippen molar-refractivity contribution in [3.05, 3.63) is 0 Å². The molecule has 0 aromatic carbocycles. The molecule has 0 aromatic rings. The summed E-state index contributed by atoms with van der Waals surface area (Å²) >= 11 is 0. The Morgan fingerprint density at radius 3 is 0.767 bits per heavy atom. The molecule has 0 aliphatic rings. The van der Waals surface area contributed by atoms with Crippen LogP contribution in [0.5, 0.6) is 0 Å². The molecule has 0 unspecified atom stereocenters. The minimum Gasteiger partial charge on any atom is -0.189 e. The summed E-state index contributed by atoms with van der Waals surface area (Å²) in [6.45, 7) is 0. The summed E-state index contributed by atoms with van der Waals surface area (Å²) < 4.78 is 236. The summed E-state index contributed by atoms with van der Waals surface area (Å²) in [7, 11) is -6.16. The average molecular weight is 517 g/mol. The lowest BCUT2D eigenvalue weighted by molar-refractivity contribution is -0.437. The van der Waals surface area contributed by atoms with Gasteiger partial charge in [0.15, 0.2) is 0 Å². The van der Waals surface area contributed by atoms with Crippen LogP contribution in [0.2, 0.25) is 0 Å². The van der Waals surface area contributed by atoms with Gasteiger partial charge in [0.1, 0.15) is 0 Å². The number of rotatable bonds is 8. The highest BCUT2D eigenvalue weighted by atomic mass is 31.1. The van der Waals surface area contributed by atoms with Gasteiger partial charge in [-0.25, -0.2) is 0 Å². The van der Waals surface area contributed by atoms with Crippen molar-refractivity contribution in [1.29, 1.82) is 0 Å². The fraction of sp³-hybridized carbons (Fsp3) is 1.00. The molecule has 0 saturated carbocycles. The van der Waals surface area contributed by atoms with Gasteiger partial charge >= 0.3 is 56.5 Å². The first-order valence-electron chi connectivity index (χ1n) is 5.86. The number of alkyl halides is 18. The van der Waals surface area contributed by atoms with Gasteiger partial charge in [0.2, 0.25) is 0 Å². The van der Waals surface area contributed by atoms with E-state index in [0.29, 0.717) is 0 Å².